The molecular weight excluding hydrogens is 342 g/mol. The van der Waals surface area contributed by atoms with Crippen molar-refractivity contribution in [2.24, 2.45) is 0 Å². The van der Waals surface area contributed by atoms with Crippen LogP contribution < -0.4 is 4.90 Å². The van der Waals surface area contributed by atoms with Crippen molar-refractivity contribution in [3.63, 3.8) is 0 Å². The van der Waals surface area contributed by atoms with Crippen molar-refractivity contribution in [3.05, 3.63) is 96.6 Å². The Bertz CT molecular complexity index is 1270. The van der Waals surface area contributed by atoms with Crippen LogP contribution in [0.1, 0.15) is 5.56 Å². The van der Waals surface area contributed by atoms with E-state index in [9.17, 15) is 0 Å². The quantitative estimate of drug-likeness (QED) is 0.334. The zero-order valence-corrected chi connectivity index (χ0v) is 16.0. The van der Waals surface area contributed by atoms with Gasteiger partial charge in [0.15, 0.2) is 5.58 Å². The highest BCUT2D eigenvalue weighted by Gasteiger charge is 2.16. The van der Waals surface area contributed by atoms with E-state index in [1.165, 1.54) is 11.1 Å². The molecule has 0 unspecified atom stereocenters. The molecule has 0 fully saturated rings. The minimum atomic E-state index is 0.920. The molecule has 0 atom stereocenters. The first-order valence-electron chi connectivity index (χ1n) is 9.52. The lowest BCUT2D eigenvalue weighted by atomic mass is 10.0. The topological polar surface area (TPSA) is 16.4 Å². The van der Waals surface area contributed by atoms with Gasteiger partial charge in [-0.25, -0.2) is 0 Å². The first-order valence-corrected chi connectivity index (χ1v) is 9.52. The van der Waals surface area contributed by atoms with E-state index < -0.39 is 0 Å². The highest BCUT2D eigenvalue weighted by molar-refractivity contribution is 6.12. The molecule has 0 amide bonds. The third-order valence-corrected chi connectivity index (χ3v) is 5.37. The summed E-state index contributed by atoms with van der Waals surface area (Å²) in [5.41, 5.74) is 7.61. The second-order valence-electron chi connectivity index (χ2n) is 7.20. The van der Waals surface area contributed by atoms with Crippen LogP contribution in [0.5, 0.6) is 0 Å². The molecule has 2 nitrogen and oxygen atoms in total. The molecule has 136 valence electrons. The molecule has 28 heavy (non-hydrogen) atoms. The molecule has 2 heteroatoms. The SMILES string of the molecule is Cc1ccc(N(C)c2cccc3c2oc2c(-c4ccccc4)cccc23)cc1. The van der Waals surface area contributed by atoms with Gasteiger partial charge in [-0.3, -0.25) is 0 Å². The molecule has 4 aromatic carbocycles. The first-order chi connectivity index (χ1) is 13.7. The van der Waals surface area contributed by atoms with E-state index in [1.807, 2.05) is 6.07 Å². The van der Waals surface area contributed by atoms with E-state index in [0.29, 0.717) is 0 Å². The lowest BCUT2D eigenvalue weighted by molar-refractivity contribution is 0.669. The van der Waals surface area contributed by atoms with Gasteiger partial charge in [-0.05, 0) is 30.7 Å². The molecule has 0 radical (unpaired) electrons. The van der Waals surface area contributed by atoms with Gasteiger partial charge < -0.3 is 9.32 Å². The molecule has 0 aliphatic carbocycles. The average Bonchev–Trinajstić information content (AvgIpc) is 3.13. The van der Waals surface area contributed by atoms with Crippen LogP contribution >= 0.6 is 0 Å². The largest absolute Gasteiger partial charge is 0.453 e. The number of hydrogen-bond acceptors (Lipinski definition) is 2. The maximum absolute atomic E-state index is 6.49. The zero-order chi connectivity index (χ0) is 19.1. The zero-order valence-electron chi connectivity index (χ0n) is 16.0. The molecular formula is C26H21NO. The lowest BCUT2D eigenvalue weighted by Gasteiger charge is -2.19. The van der Waals surface area contributed by atoms with Crippen molar-refractivity contribution in [2.75, 3.05) is 11.9 Å². The van der Waals surface area contributed by atoms with Gasteiger partial charge in [-0.1, -0.05) is 78.4 Å². The summed E-state index contributed by atoms with van der Waals surface area (Å²) >= 11 is 0. The Hall–Kier alpha value is -3.52. The molecule has 5 rings (SSSR count). The predicted octanol–water partition coefficient (Wildman–Crippen LogP) is 7.33. The molecule has 0 aliphatic rings. The highest BCUT2D eigenvalue weighted by atomic mass is 16.3. The minimum Gasteiger partial charge on any atom is -0.453 e. The number of furan rings is 1. The Morgan fingerprint density at radius 1 is 0.643 bits per heavy atom. The van der Waals surface area contributed by atoms with Crippen LogP contribution in [0.15, 0.2) is 95.4 Å². The average molecular weight is 363 g/mol. The summed E-state index contributed by atoms with van der Waals surface area (Å²) < 4.78 is 6.49. The van der Waals surface area contributed by atoms with Crippen LogP contribution in [0.2, 0.25) is 0 Å². The molecule has 1 heterocycles. The molecule has 0 saturated heterocycles. The van der Waals surface area contributed by atoms with Gasteiger partial charge in [0.2, 0.25) is 0 Å². The van der Waals surface area contributed by atoms with Gasteiger partial charge in [-0.2, -0.15) is 0 Å². The Morgan fingerprint density at radius 2 is 1.32 bits per heavy atom. The smallest absolute Gasteiger partial charge is 0.159 e. The Labute approximate surface area is 164 Å². The second kappa shape index (κ2) is 6.58. The third-order valence-electron chi connectivity index (χ3n) is 5.37. The van der Waals surface area contributed by atoms with E-state index in [2.05, 4.69) is 104 Å². The number of anilines is 2. The van der Waals surface area contributed by atoms with Gasteiger partial charge in [0.1, 0.15) is 5.58 Å². The molecule has 0 bridgehead atoms. The predicted molar refractivity (Wildman–Crippen MR) is 118 cm³/mol. The van der Waals surface area contributed by atoms with Gasteiger partial charge >= 0.3 is 0 Å². The summed E-state index contributed by atoms with van der Waals surface area (Å²) in [4.78, 5) is 2.19. The fraction of sp³-hybridized carbons (Fsp3) is 0.0769. The van der Waals surface area contributed by atoms with Crippen molar-refractivity contribution in [1.82, 2.24) is 0 Å². The number of fused-ring (bicyclic) bond motifs is 3. The Kier molecular flexibility index (Phi) is 3.91. The van der Waals surface area contributed by atoms with Crippen LogP contribution in [0.3, 0.4) is 0 Å². The molecule has 0 N–H and O–H groups in total. The fourth-order valence-electron chi connectivity index (χ4n) is 3.82. The molecule has 0 spiro atoms. The standard InChI is InChI=1S/C26H21NO/c1-18-14-16-20(17-15-18)27(2)24-13-7-12-23-22-11-6-10-21(25(22)28-26(23)24)19-8-4-3-5-9-19/h3-17H,1-2H3. The normalized spacial score (nSPS) is 11.2. The second-order valence-corrected chi connectivity index (χ2v) is 7.20. The van der Waals surface area contributed by atoms with E-state index >= 15 is 0 Å². The van der Waals surface area contributed by atoms with Crippen molar-refractivity contribution >= 4 is 33.3 Å². The number of hydrogen-bond donors (Lipinski definition) is 0. The molecule has 1 aromatic heterocycles. The fourth-order valence-corrected chi connectivity index (χ4v) is 3.82. The number of rotatable bonds is 3. The third kappa shape index (κ3) is 2.66. The summed E-state index contributed by atoms with van der Waals surface area (Å²) in [7, 11) is 2.09. The van der Waals surface area contributed by atoms with E-state index in [-0.39, 0.29) is 0 Å². The monoisotopic (exact) mass is 363 g/mol. The summed E-state index contributed by atoms with van der Waals surface area (Å²) in [6, 6.07) is 31.7. The Morgan fingerprint density at radius 3 is 2.07 bits per heavy atom. The van der Waals surface area contributed by atoms with E-state index in [0.717, 1.165) is 38.9 Å². The lowest BCUT2D eigenvalue weighted by Crippen LogP contribution is -2.09. The van der Waals surface area contributed by atoms with E-state index in [4.69, 9.17) is 4.42 Å². The van der Waals surface area contributed by atoms with Gasteiger partial charge in [0, 0.05) is 29.1 Å². The van der Waals surface area contributed by atoms with Crippen LogP contribution in [0.4, 0.5) is 11.4 Å². The highest BCUT2D eigenvalue weighted by Crippen LogP contribution is 2.40. The van der Waals surface area contributed by atoms with Crippen molar-refractivity contribution in [3.8, 4) is 11.1 Å². The van der Waals surface area contributed by atoms with Gasteiger partial charge in [0.25, 0.3) is 0 Å². The maximum Gasteiger partial charge on any atom is 0.159 e. The summed E-state index contributed by atoms with van der Waals surface area (Å²) in [6.45, 7) is 2.11. The minimum absolute atomic E-state index is 0.920. The number of nitrogens with zero attached hydrogens (tertiary/aromatic N) is 1. The van der Waals surface area contributed by atoms with Crippen molar-refractivity contribution in [2.45, 2.75) is 6.92 Å². The van der Waals surface area contributed by atoms with E-state index in [1.54, 1.807) is 0 Å². The number of benzene rings is 4. The maximum atomic E-state index is 6.49. The molecule has 0 saturated carbocycles. The summed E-state index contributed by atoms with van der Waals surface area (Å²) in [6.07, 6.45) is 0. The van der Waals surface area contributed by atoms with Gasteiger partial charge in [0.05, 0.1) is 5.69 Å². The molecule has 5 aromatic rings. The van der Waals surface area contributed by atoms with Crippen LogP contribution in [-0.4, -0.2) is 7.05 Å². The summed E-state index contributed by atoms with van der Waals surface area (Å²) in [5.74, 6) is 0. The van der Waals surface area contributed by atoms with Crippen molar-refractivity contribution in [1.29, 1.82) is 0 Å². The van der Waals surface area contributed by atoms with Crippen LogP contribution in [0, 0.1) is 6.92 Å². The summed E-state index contributed by atoms with van der Waals surface area (Å²) in [5, 5.41) is 2.29. The van der Waals surface area contributed by atoms with Crippen molar-refractivity contribution < 1.29 is 4.42 Å². The number of aryl methyl sites for hydroxylation is 1. The Balaban J connectivity index is 1.73. The van der Waals surface area contributed by atoms with Crippen LogP contribution in [-0.2, 0) is 0 Å². The first kappa shape index (κ1) is 16.6. The number of para-hydroxylation sites is 2. The molecule has 0 aliphatic heterocycles. The van der Waals surface area contributed by atoms with Crippen LogP contribution in [0.25, 0.3) is 33.1 Å². The van der Waals surface area contributed by atoms with Gasteiger partial charge in [-0.15, -0.1) is 0 Å².